The first kappa shape index (κ1) is 20.7. The van der Waals surface area contributed by atoms with Gasteiger partial charge in [-0.25, -0.2) is 13.4 Å². The van der Waals surface area contributed by atoms with Crippen molar-refractivity contribution in [2.45, 2.75) is 30.7 Å². The van der Waals surface area contributed by atoms with Crippen LogP contribution in [0.5, 0.6) is 0 Å². The maximum Gasteiger partial charge on any atom is 0.223 e. The highest BCUT2D eigenvalue weighted by atomic mass is 32.2. The molecule has 0 bridgehead atoms. The molecule has 1 aromatic carbocycles. The topological polar surface area (TPSA) is 87.7 Å². The van der Waals surface area contributed by atoms with Crippen molar-refractivity contribution in [3.8, 4) is 0 Å². The number of rotatable bonds is 5. The third kappa shape index (κ3) is 4.17. The molecule has 1 atom stereocenters. The Morgan fingerprint density at radius 1 is 1.30 bits per heavy atom. The number of nitrogens with zero attached hydrogens (tertiary/aromatic N) is 3. The van der Waals surface area contributed by atoms with Crippen LogP contribution in [0, 0.1) is 0 Å². The lowest BCUT2D eigenvalue weighted by molar-refractivity contribution is -0.134. The van der Waals surface area contributed by atoms with E-state index in [-0.39, 0.29) is 34.8 Å². The molecule has 7 nitrogen and oxygen atoms in total. The molecule has 158 valence electrons. The van der Waals surface area contributed by atoms with Crippen LogP contribution < -0.4 is 0 Å². The molecule has 0 saturated carbocycles. The number of amides is 1. The number of fused-ring (bicyclic) bond motifs is 1. The maximum atomic E-state index is 12.9. The van der Waals surface area contributed by atoms with Crippen molar-refractivity contribution in [2.24, 2.45) is 0 Å². The highest BCUT2D eigenvalue weighted by molar-refractivity contribution is 7.91. The van der Waals surface area contributed by atoms with Gasteiger partial charge in [0.1, 0.15) is 0 Å². The summed E-state index contributed by atoms with van der Waals surface area (Å²) in [5, 5.41) is 0. The molecule has 9 heteroatoms. The van der Waals surface area contributed by atoms with Crippen LogP contribution in [-0.4, -0.2) is 66.3 Å². The minimum absolute atomic E-state index is 0.0526. The van der Waals surface area contributed by atoms with Crippen LogP contribution in [0.25, 0.3) is 10.2 Å². The van der Waals surface area contributed by atoms with E-state index in [2.05, 4.69) is 9.88 Å². The van der Waals surface area contributed by atoms with E-state index in [4.69, 9.17) is 0 Å². The molecule has 1 aliphatic carbocycles. The number of allylic oxidation sites excluding steroid dienone is 3. The Labute approximate surface area is 179 Å². The molecule has 0 N–H and O–H groups in total. The number of piperazine rings is 1. The smallest absolute Gasteiger partial charge is 0.223 e. The van der Waals surface area contributed by atoms with Crippen molar-refractivity contribution in [3.05, 3.63) is 47.6 Å². The Balaban J connectivity index is 1.39. The zero-order valence-corrected chi connectivity index (χ0v) is 18.3. The number of carbonyl (C=O) groups is 2. The van der Waals surface area contributed by atoms with Gasteiger partial charge in [-0.3, -0.25) is 9.59 Å². The average molecular weight is 446 g/mol. The molecule has 2 heterocycles. The van der Waals surface area contributed by atoms with Crippen molar-refractivity contribution < 1.29 is 18.0 Å². The van der Waals surface area contributed by atoms with E-state index in [0.717, 1.165) is 5.70 Å². The van der Waals surface area contributed by atoms with E-state index < -0.39 is 9.84 Å². The second-order valence-electron chi connectivity index (χ2n) is 7.55. The van der Waals surface area contributed by atoms with Gasteiger partial charge in [-0.2, -0.15) is 0 Å². The lowest BCUT2D eigenvalue weighted by atomic mass is 10.1. The van der Waals surface area contributed by atoms with Gasteiger partial charge in [0, 0.05) is 50.3 Å². The van der Waals surface area contributed by atoms with Gasteiger partial charge in [-0.15, -0.1) is 11.3 Å². The van der Waals surface area contributed by atoms with Crippen molar-refractivity contribution in [1.82, 2.24) is 14.8 Å². The zero-order valence-electron chi connectivity index (χ0n) is 16.7. The Morgan fingerprint density at radius 2 is 2.13 bits per heavy atom. The molecule has 0 spiro atoms. The van der Waals surface area contributed by atoms with Crippen LogP contribution in [0.4, 0.5) is 0 Å². The van der Waals surface area contributed by atoms with Gasteiger partial charge in [0.15, 0.2) is 15.6 Å². The fourth-order valence-corrected chi connectivity index (χ4v) is 6.47. The van der Waals surface area contributed by atoms with Gasteiger partial charge in [-0.1, -0.05) is 12.1 Å². The summed E-state index contributed by atoms with van der Waals surface area (Å²) in [6, 6.07) is 4.97. The Bertz CT molecular complexity index is 1150. The standard InChI is InChI=1S/C21H23N3O4S2/c1-15-13-23(16-4-2-5-17(25)12-16)9-10-24(15)20(26)8-11-30(27,28)19-7-3-6-18-21(19)29-14-22-18/h2-4,6-7,12,14-15H,5,8-11,13H2,1H3/t15-/m0/s1. The van der Waals surface area contributed by atoms with E-state index >= 15 is 0 Å². The predicted octanol–water partition coefficient (Wildman–Crippen LogP) is 2.41. The predicted molar refractivity (Wildman–Crippen MR) is 116 cm³/mol. The highest BCUT2D eigenvalue weighted by Crippen LogP contribution is 2.27. The molecule has 1 saturated heterocycles. The quantitative estimate of drug-likeness (QED) is 0.702. The van der Waals surface area contributed by atoms with Crippen molar-refractivity contribution in [1.29, 1.82) is 0 Å². The molecule has 1 fully saturated rings. The average Bonchev–Trinajstić information content (AvgIpc) is 3.21. The van der Waals surface area contributed by atoms with Gasteiger partial charge >= 0.3 is 0 Å². The molecule has 2 aliphatic rings. The minimum Gasteiger partial charge on any atom is -0.368 e. The number of sulfone groups is 1. The van der Waals surface area contributed by atoms with Crippen LogP contribution >= 0.6 is 11.3 Å². The second kappa shape index (κ2) is 8.31. The number of thiazole rings is 1. The van der Waals surface area contributed by atoms with E-state index in [1.807, 2.05) is 19.1 Å². The van der Waals surface area contributed by atoms with E-state index in [1.54, 1.807) is 34.7 Å². The number of hydrogen-bond donors (Lipinski definition) is 0. The fraction of sp³-hybridized carbons (Fsp3) is 0.381. The van der Waals surface area contributed by atoms with Gasteiger partial charge in [0.2, 0.25) is 5.91 Å². The molecular formula is C21H23N3O4S2. The van der Waals surface area contributed by atoms with Gasteiger partial charge < -0.3 is 9.80 Å². The summed E-state index contributed by atoms with van der Waals surface area (Å²) in [6.45, 7) is 3.68. The summed E-state index contributed by atoms with van der Waals surface area (Å²) in [5.41, 5.74) is 3.16. The molecule has 1 amide bonds. The second-order valence-corrected chi connectivity index (χ2v) is 10.5. The molecule has 1 aromatic heterocycles. The molecule has 30 heavy (non-hydrogen) atoms. The number of aromatic nitrogens is 1. The third-order valence-corrected chi connectivity index (χ3v) is 8.23. The minimum atomic E-state index is -3.59. The summed E-state index contributed by atoms with van der Waals surface area (Å²) < 4.78 is 26.3. The van der Waals surface area contributed by atoms with Crippen LogP contribution in [0.15, 0.2) is 52.5 Å². The summed E-state index contributed by atoms with van der Waals surface area (Å²) in [5.74, 6) is -0.302. The van der Waals surface area contributed by atoms with E-state index in [0.29, 0.717) is 36.3 Å². The summed E-state index contributed by atoms with van der Waals surface area (Å²) >= 11 is 1.29. The van der Waals surface area contributed by atoms with E-state index in [1.165, 1.54) is 11.3 Å². The Kier molecular flexibility index (Phi) is 5.75. The SMILES string of the molecule is C[C@H]1CN(C2=CC(=O)CC=C2)CCN1C(=O)CCS(=O)(=O)c1cccc2ncsc12. The third-order valence-electron chi connectivity index (χ3n) is 5.47. The van der Waals surface area contributed by atoms with Gasteiger partial charge in [0.05, 0.1) is 26.4 Å². The van der Waals surface area contributed by atoms with Crippen LogP contribution in [-0.2, 0) is 19.4 Å². The van der Waals surface area contributed by atoms with Crippen LogP contribution in [0.2, 0.25) is 0 Å². The molecule has 2 aromatic rings. The Hall–Kier alpha value is -2.52. The van der Waals surface area contributed by atoms with E-state index in [9.17, 15) is 18.0 Å². The number of hydrogen-bond acceptors (Lipinski definition) is 7. The number of benzene rings is 1. The van der Waals surface area contributed by atoms with Gasteiger partial charge in [0.25, 0.3) is 0 Å². The number of ketones is 1. The lowest BCUT2D eigenvalue weighted by Gasteiger charge is -2.41. The molecular weight excluding hydrogens is 422 g/mol. The molecule has 0 radical (unpaired) electrons. The first-order chi connectivity index (χ1) is 14.3. The number of carbonyl (C=O) groups excluding carboxylic acids is 2. The summed E-state index contributed by atoms with van der Waals surface area (Å²) in [7, 11) is -3.59. The molecule has 1 aliphatic heterocycles. The van der Waals surface area contributed by atoms with Gasteiger partial charge in [-0.05, 0) is 25.1 Å². The Morgan fingerprint density at radius 3 is 2.90 bits per heavy atom. The zero-order chi connectivity index (χ0) is 21.3. The summed E-state index contributed by atoms with van der Waals surface area (Å²) in [6.07, 6.45) is 5.83. The van der Waals surface area contributed by atoms with Crippen LogP contribution in [0.1, 0.15) is 19.8 Å². The normalized spacial score (nSPS) is 20.0. The van der Waals surface area contributed by atoms with Crippen molar-refractivity contribution in [2.75, 3.05) is 25.4 Å². The largest absolute Gasteiger partial charge is 0.368 e. The van der Waals surface area contributed by atoms with Crippen molar-refractivity contribution in [3.63, 3.8) is 0 Å². The highest BCUT2D eigenvalue weighted by Gasteiger charge is 2.29. The molecule has 4 rings (SSSR count). The monoisotopic (exact) mass is 445 g/mol. The maximum absolute atomic E-state index is 12.9. The van der Waals surface area contributed by atoms with Crippen molar-refractivity contribution >= 4 is 43.1 Å². The fourth-order valence-electron chi connectivity index (χ4n) is 3.91. The first-order valence-corrected chi connectivity index (χ1v) is 12.4. The van der Waals surface area contributed by atoms with Crippen LogP contribution in [0.3, 0.4) is 0 Å². The summed E-state index contributed by atoms with van der Waals surface area (Å²) in [4.78, 5) is 32.7. The molecule has 0 unspecified atom stereocenters. The first-order valence-electron chi connectivity index (χ1n) is 9.85. The lowest BCUT2D eigenvalue weighted by Crippen LogP contribution is -2.53.